The zero-order valence-electron chi connectivity index (χ0n) is 12.7. The van der Waals surface area contributed by atoms with E-state index in [0.717, 1.165) is 13.0 Å². The fourth-order valence-corrected chi connectivity index (χ4v) is 2.59. The van der Waals surface area contributed by atoms with E-state index >= 15 is 0 Å². The van der Waals surface area contributed by atoms with Gasteiger partial charge in [0.15, 0.2) is 0 Å². The lowest BCUT2D eigenvalue weighted by Crippen LogP contribution is -2.52. The van der Waals surface area contributed by atoms with Gasteiger partial charge in [-0.2, -0.15) is 0 Å². The molecule has 4 N–H and O–H groups in total. The first-order valence-electron chi connectivity index (χ1n) is 8.12. The van der Waals surface area contributed by atoms with Gasteiger partial charge in [0, 0.05) is 0 Å². The molecule has 0 spiro atoms. The van der Waals surface area contributed by atoms with Crippen molar-refractivity contribution in [3.05, 3.63) is 12.2 Å². The number of hydrogen-bond acceptors (Lipinski definition) is 4. The predicted octanol–water partition coefficient (Wildman–Crippen LogP) is 1.74. The van der Waals surface area contributed by atoms with Gasteiger partial charge in [0.25, 0.3) is 0 Å². The van der Waals surface area contributed by atoms with Crippen LogP contribution in [0.1, 0.15) is 58.3 Å². The van der Waals surface area contributed by atoms with Crippen molar-refractivity contribution in [2.45, 2.75) is 82.6 Å². The highest BCUT2D eigenvalue weighted by Gasteiger charge is 2.32. The Morgan fingerprint density at radius 3 is 2.05 bits per heavy atom. The minimum atomic E-state index is -1.09. The molecule has 0 aromatic rings. The molecule has 4 nitrogen and oxygen atoms in total. The van der Waals surface area contributed by atoms with Crippen LogP contribution in [0.15, 0.2) is 12.2 Å². The van der Waals surface area contributed by atoms with Gasteiger partial charge in [-0.3, -0.25) is 0 Å². The molecule has 4 heteroatoms. The Balaban J connectivity index is 2.00. The fourth-order valence-electron chi connectivity index (χ4n) is 2.59. The average molecular weight is 285 g/mol. The van der Waals surface area contributed by atoms with Crippen molar-refractivity contribution >= 4 is 0 Å². The molecule has 1 aliphatic rings. The molecule has 0 saturated carbocycles. The minimum absolute atomic E-state index is 0.252. The van der Waals surface area contributed by atoms with E-state index in [0.29, 0.717) is 0 Å². The monoisotopic (exact) mass is 285 g/mol. The summed E-state index contributed by atoms with van der Waals surface area (Å²) >= 11 is 0. The van der Waals surface area contributed by atoms with Crippen LogP contribution in [0.25, 0.3) is 0 Å². The van der Waals surface area contributed by atoms with Crippen molar-refractivity contribution in [3.8, 4) is 0 Å². The topological polar surface area (TPSA) is 72.7 Å². The Bertz CT molecular complexity index is 270. The fraction of sp³-hybridized carbons (Fsp3) is 0.875. The van der Waals surface area contributed by atoms with Crippen molar-refractivity contribution in [2.75, 3.05) is 6.54 Å². The molecule has 0 amide bonds. The summed E-state index contributed by atoms with van der Waals surface area (Å²) in [6.45, 7) is 3.07. The summed E-state index contributed by atoms with van der Waals surface area (Å²) in [5.74, 6) is 0. The van der Waals surface area contributed by atoms with Crippen molar-refractivity contribution in [1.82, 2.24) is 5.32 Å². The van der Waals surface area contributed by atoms with Crippen molar-refractivity contribution < 1.29 is 15.3 Å². The van der Waals surface area contributed by atoms with E-state index in [1.54, 1.807) is 12.2 Å². The second kappa shape index (κ2) is 10.3. The summed E-state index contributed by atoms with van der Waals surface area (Å²) in [5, 5.41) is 32.0. The van der Waals surface area contributed by atoms with Gasteiger partial charge in [0.1, 0.15) is 18.3 Å². The van der Waals surface area contributed by atoms with Gasteiger partial charge >= 0.3 is 0 Å². The maximum absolute atomic E-state index is 9.81. The zero-order chi connectivity index (χ0) is 14.8. The summed E-state index contributed by atoms with van der Waals surface area (Å²) in [4.78, 5) is 0. The third-order valence-corrected chi connectivity index (χ3v) is 3.99. The Labute approximate surface area is 122 Å². The molecule has 0 heterocycles. The summed E-state index contributed by atoms with van der Waals surface area (Å²) in [5.41, 5.74) is 0. The predicted molar refractivity (Wildman–Crippen MR) is 81.6 cm³/mol. The van der Waals surface area contributed by atoms with E-state index in [1.807, 2.05) is 0 Å². The SMILES string of the molecule is CCCCCCCCCCN[C@H]1C=C[C@@H](O)[C@@H](O)[C@@H]1O. The van der Waals surface area contributed by atoms with Gasteiger partial charge in [-0.15, -0.1) is 0 Å². The summed E-state index contributed by atoms with van der Waals surface area (Å²) < 4.78 is 0. The van der Waals surface area contributed by atoms with Crippen LogP contribution in [-0.4, -0.2) is 46.2 Å². The van der Waals surface area contributed by atoms with Crippen LogP contribution in [0.5, 0.6) is 0 Å². The number of nitrogens with one attached hydrogen (secondary N) is 1. The highest BCUT2D eigenvalue weighted by Crippen LogP contribution is 2.14. The second-order valence-electron chi connectivity index (χ2n) is 5.81. The Hall–Kier alpha value is -0.420. The highest BCUT2D eigenvalue weighted by molar-refractivity contribution is 5.10. The van der Waals surface area contributed by atoms with Crippen LogP contribution in [0.4, 0.5) is 0 Å². The van der Waals surface area contributed by atoms with E-state index in [2.05, 4.69) is 12.2 Å². The van der Waals surface area contributed by atoms with Crippen LogP contribution in [0, 0.1) is 0 Å². The van der Waals surface area contributed by atoms with E-state index < -0.39 is 18.3 Å². The summed E-state index contributed by atoms with van der Waals surface area (Å²) in [7, 11) is 0. The van der Waals surface area contributed by atoms with Gasteiger partial charge in [0.05, 0.1) is 6.04 Å². The Morgan fingerprint density at radius 1 is 0.800 bits per heavy atom. The molecule has 0 bridgehead atoms. The van der Waals surface area contributed by atoms with Crippen molar-refractivity contribution in [3.63, 3.8) is 0 Å². The van der Waals surface area contributed by atoms with Gasteiger partial charge in [0.2, 0.25) is 0 Å². The van der Waals surface area contributed by atoms with Gasteiger partial charge < -0.3 is 20.6 Å². The number of aliphatic hydroxyl groups is 3. The smallest absolute Gasteiger partial charge is 0.111 e. The summed E-state index contributed by atoms with van der Waals surface area (Å²) in [6, 6.07) is -0.252. The van der Waals surface area contributed by atoms with E-state index in [9.17, 15) is 15.3 Å². The van der Waals surface area contributed by atoms with Crippen LogP contribution in [0.3, 0.4) is 0 Å². The molecular weight excluding hydrogens is 254 g/mol. The third-order valence-electron chi connectivity index (χ3n) is 3.99. The maximum atomic E-state index is 9.81. The van der Waals surface area contributed by atoms with E-state index in [4.69, 9.17) is 0 Å². The lowest BCUT2D eigenvalue weighted by Gasteiger charge is -2.31. The standard InChI is InChI=1S/C16H31NO3/c1-2-3-4-5-6-7-8-9-12-17-13-10-11-14(18)16(20)15(13)19/h10-11,13-20H,2-9,12H2,1H3/t13-,14+,15+,16+/m0/s1. The third kappa shape index (κ3) is 6.35. The van der Waals surface area contributed by atoms with Crippen molar-refractivity contribution in [1.29, 1.82) is 0 Å². The molecular formula is C16H31NO3. The van der Waals surface area contributed by atoms with E-state index in [1.165, 1.54) is 44.9 Å². The molecule has 0 aromatic heterocycles. The quantitative estimate of drug-likeness (QED) is 0.364. The molecule has 0 unspecified atom stereocenters. The van der Waals surface area contributed by atoms with Gasteiger partial charge in [-0.1, -0.05) is 64.0 Å². The molecule has 118 valence electrons. The molecule has 1 aliphatic carbocycles. The first-order chi connectivity index (χ1) is 9.66. The molecule has 0 fully saturated rings. The zero-order valence-corrected chi connectivity index (χ0v) is 12.7. The molecule has 0 radical (unpaired) electrons. The first kappa shape index (κ1) is 17.6. The molecule has 1 rings (SSSR count). The summed E-state index contributed by atoms with van der Waals surface area (Å²) in [6.07, 6.45) is 10.5. The van der Waals surface area contributed by atoms with E-state index in [-0.39, 0.29) is 6.04 Å². The molecule has 0 aromatic carbocycles. The van der Waals surface area contributed by atoms with Crippen molar-refractivity contribution in [2.24, 2.45) is 0 Å². The van der Waals surface area contributed by atoms with Crippen LogP contribution in [-0.2, 0) is 0 Å². The lowest BCUT2D eigenvalue weighted by atomic mass is 9.94. The second-order valence-corrected chi connectivity index (χ2v) is 5.81. The molecule has 0 saturated heterocycles. The Kier molecular flexibility index (Phi) is 9.10. The Morgan fingerprint density at radius 2 is 1.40 bits per heavy atom. The lowest BCUT2D eigenvalue weighted by molar-refractivity contribution is -0.0564. The molecule has 4 atom stereocenters. The maximum Gasteiger partial charge on any atom is 0.111 e. The largest absolute Gasteiger partial charge is 0.388 e. The number of unbranched alkanes of at least 4 members (excludes halogenated alkanes) is 7. The number of aliphatic hydroxyl groups excluding tert-OH is 3. The van der Waals surface area contributed by atoms with Gasteiger partial charge in [-0.05, 0) is 13.0 Å². The van der Waals surface area contributed by atoms with Crippen LogP contribution < -0.4 is 5.32 Å². The molecule has 20 heavy (non-hydrogen) atoms. The average Bonchev–Trinajstić information content (AvgIpc) is 2.45. The molecule has 0 aliphatic heterocycles. The minimum Gasteiger partial charge on any atom is -0.388 e. The number of hydrogen-bond donors (Lipinski definition) is 4. The van der Waals surface area contributed by atoms with Gasteiger partial charge in [-0.25, -0.2) is 0 Å². The normalized spacial score (nSPS) is 29.8. The number of rotatable bonds is 10. The van der Waals surface area contributed by atoms with Crippen LogP contribution in [0.2, 0.25) is 0 Å². The highest BCUT2D eigenvalue weighted by atomic mass is 16.4. The van der Waals surface area contributed by atoms with Crippen LogP contribution >= 0.6 is 0 Å². The first-order valence-corrected chi connectivity index (χ1v) is 8.12.